The van der Waals surface area contributed by atoms with Crippen molar-refractivity contribution >= 4 is 29.1 Å². The van der Waals surface area contributed by atoms with Crippen LogP contribution < -0.4 is 10.6 Å². The Morgan fingerprint density at radius 1 is 1.20 bits per heavy atom. The van der Waals surface area contributed by atoms with Crippen molar-refractivity contribution in [3.63, 3.8) is 0 Å². The van der Waals surface area contributed by atoms with Gasteiger partial charge in [-0.05, 0) is 49.6 Å². The fourth-order valence-electron chi connectivity index (χ4n) is 3.04. The minimum Gasteiger partial charge on any atom is -0.441 e. The molecule has 0 unspecified atom stereocenters. The summed E-state index contributed by atoms with van der Waals surface area (Å²) in [5.74, 6) is 0.755. The average Bonchev–Trinajstić information content (AvgIpc) is 3.42. The number of carbonyl (C=O) groups excluding carboxylic acids is 2. The van der Waals surface area contributed by atoms with Crippen molar-refractivity contribution in [1.82, 2.24) is 10.3 Å². The molecule has 0 radical (unpaired) electrons. The molecule has 2 N–H and O–H groups in total. The Labute approximate surface area is 179 Å². The minimum absolute atomic E-state index is 0.111. The van der Waals surface area contributed by atoms with Crippen molar-refractivity contribution in [1.29, 1.82) is 0 Å². The maximum absolute atomic E-state index is 12.4. The minimum atomic E-state index is -0.171. The second-order valence-electron chi connectivity index (χ2n) is 7.42. The smallest absolute Gasteiger partial charge is 0.251 e. The molecule has 1 aliphatic carbocycles. The summed E-state index contributed by atoms with van der Waals surface area (Å²) in [5.41, 5.74) is 2.83. The van der Waals surface area contributed by atoms with Crippen LogP contribution in [-0.2, 0) is 11.2 Å². The fourth-order valence-corrected chi connectivity index (χ4v) is 3.27. The van der Waals surface area contributed by atoms with Gasteiger partial charge in [-0.25, -0.2) is 4.98 Å². The summed E-state index contributed by atoms with van der Waals surface area (Å²) < 4.78 is 5.74. The van der Waals surface area contributed by atoms with Crippen LogP contribution in [0.2, 0.25) is 5.02 Å². The third-order valence-electron chi connectivity index (χ3n) is 4.95. The Balaban J connectivity index is 1.36. The van der Waals surface area contributed by atoms with Gasteiger partial charge in [-0.3, -0.25) is 9.59 Å². The number of amides is 2. The number of oxazole rings is 1. The van der Waals surface area contributed by atoms with E-state index in [9.17, 15) is 9.59 Å². The molecule has 1 aliphatic rings. The van der Waals surface area contributed by atoms with Crippen molar-refractivity contribution in [2.24, 2.45) is 0 Å². The second kappa shape index (κ2) is 8.71. The SMILES string of the molecule is Cc1ccc(C(=O)NC2CC2)cc1NC(=O)CCc1ncc(-c2ccccc2Cl)o1. The Morgan fingerprint density at radius 3 is 2.77 bits per heavy atom. The normalized spacial score (nSPS) is 13.1. The molecule has 0 saturated heterocycles. The van der Waals surface area contributed by atoms with Gasteiger partial charge in [-0.1, -0.05) is 29.8 Å². The molecule has 1 fully saturated rings. The summed E-state index contributed by atoms with van der Waals surface area (Å²) in [6.07, 6.45) is 4.23. The lowest BCUT2D eigenvalue weighted by Crippen LogP contribution is -2.25. The van der Waals surface area contributed by atoms with Crippen LogP contribution in [0.5, 0.6) is 0 Å². The molecule has 1 saturated carbocycles. The quantitative estimate of drug-likeness (QED) is 0.573. The Kier molecular flexibility index (Phi) is 5.86. The predicted molar refractivity (Wildman–Crippen MR) is 116 cm³/mol. The van der Waals surface area contributed by atoms with Gasteiger partial charge in [0.15, 0.2) is 11.7 Å². The van der Waals surface area contributed by atoms with E-state index in [-0.39, 0.29) is 24.3 Å². The van der Waals surface area contributed by atoms with E-state index in [0.717, 1.165) is 24.0 Å². The van der Waals surface area contributed by atoms with E-state index >= 15 is 0 Å². The van der Waals surface area contributed by atoms with Crippen LogP contribution in [-0.4, -0.2) is 22.8 Å². The molecular weight excluding hydrogens is 402 g/mol. The van der Waals surface area contributed by atoms with E-state index in [1.807, 2.05) is 31.2 Å². The third-order valence-corrected chi connectivity index (χ3v) is 5.27. The van der Waals surface area contributed by atoms with Crippen molar-refractivity contribution in [3.8, 4) is 11.3 Å². The van der Waals surface area contributed by atoms with Crippen LogP contribution in [0, 0.1) is 6.92 Å². The highest BCUT2D eigenvalue weighted by Crippen LogP contribution is 2.28. The number of hydrogen-bond acceptors (Lipinski definition) is 4. The van der Waals surface area contributed by atoms with Gasteiger partial charge < -0.3 is 15.1 Å². The lowest BCUT2D eigenvalue weighted by molar-refractivity contribution is -0.116. The molecule has 0 aliphatic heterocycles. The van der Waals surface area contributed by atoms with Crippen LogP contribution in [0.25, 0.3) is 11.3 Å². The predicted octanol–water partition coefficient (Wildman–Crippen LogP) is 4.77. The first-order valence-corrected chi connectivity index (χ1v) is 10.3. The van der Waals surface area contributed by atoms with Crippen LogP contribution in [0.1, 0.15) is 41.1 Å². The molecule has 0 spiro atoms. The molecule has 6 nitrogen and oxygen atoms in total. The van der Waals surface area contributed by atoms with Gasteiger partial charge in [-0.2, -0.15) is 0 Å². The number of nitrogens with zero attached hydrogens (tertiary/aromatic N) is 1. The van der Waals surface area contributed by atoms with Gasteiger partial charge in [0, 0.05) is 35.7 Å². The number of hydrogen-bond donors (Lipinski definition) is 2. The molecule has 2 aromatic carbocycles. The van der Waals surface area contributed by atoms with E-state index in [1.165, 1.54) is 0 Å². The molecular formula is C23H22ClN3O3. The van der Waals surface area contributed by atoms with Crippen molar-refractivity contribution < 1.29 is 14.0 Å². The van der Waals surface area contributed by atoms with E-state index in [2.05, 4.69) is 15.6 Å². The van der Waals surface area contributed by atoms with E-state index < -0.39 is 0 Å². The lowest BCUT2D eigenvalue weighted by Gasteiger charge is -2.10. The highest BCUT2D eigenvalue weighted by molar-refractivity contribution is 6.33. The Bertz CT molecular complexity index is 1090. The maximum Gasteiger partial charge on any atom is 0.251 e. The summed E-state index contributed by atoms with van der Waals surface area (Å²) in [4.78, 5) is 28.9. The number of benzene rings is 2. The number of halogens is 1. The summed E-state index contributed by atoms with van der Waals surface area (Å²) in [7, 11) is 0. The van der Waals surface area contributed by atoms with Gasteiger partial charge in [0.05, 0.1) is 11.2 Å². The first kappa shape index (κ1) is 20.2. The van der Waals surface area contributed by atoms with Gasteiger partial charge >= 0.3 is 0 Å². The molecule has 7 heteroatoms. The van der Waals surface area contributed by atoms with Crippen LogP contribution in [0.3, 0.4) is 0 Å². The number of aryl methyl sites for hydroxylation is 2. The number of rotatable bonds is 7. The average molecular weight is 424 g/mol. The summed E-state index contributed by atoms with van der Waals surface area (Å²) in [6.45, 7) is 1.89. The number of nitrogens with one attached hydrogen (secondary N) is 2. The van der Waals surface area contributed by atoms with Gasteiger partial charge in [0.2, 0.25) is 5.91 Å². The third kappa shape index (κ3) is 4.89. The standard InChI is InChI=1S/C23H22ClN3O3/c1-14-6-7-15(23(29)26-16-8-9-16)12-19(14)27-21(28)10-11-22-25-13-20(30-22)17-4-2-3-5-18(17)24/h2-7,12-13,16H,8-11H2,1H3,(H,26,29)(H,27,28). The number of aromatic nitrogens is 1. The number of carbonyl (C=O) groups is 2. The maximum atomic E-state index is 12.4. The first-order valence-electron chi connectivity index (χ1n) is 9.90. The molecule has 154 valence electrons. The zero-order valence-corrected chi connectivity index (χ0v) is 17.3. The molecule has 0 bridgehead atoms. The molecule has 1 aromatic heterocycles. The monoisotopic (exact) mass is 423 g/mol. The molecule has 2 amide bonds. The summed E-state index contributed by atoms with van der Waals surface area (Å²) in [6, 6.07) is 13.0. The zero-order valence-electron chi connectivity index (χ0n) is 16.6. The van der Waals surface area contributed by atoms with E-state index in [0.29, 0.717) is 34.3 Å². The summed E-state index contributed by atoms with van der Waals surface area (Å²) in [5, 5.41) is 6.42. The van der Waals surface area contributed by atoms with Gasteiger partial charge in [-0.15, -0.1) is 0 Å². The van der Waals surface area contributed by atoms with Crippen LogP contribution in [0.4, 0.5) is 5.69 Å². The zero-order chi connectivity index (χ0) is 21.1. The Morgan fingerprint density at radius 2 is 2.00 bits per heavy atom. The molecule has 0 atom stereocenters. The van der Waals surface area contributed by atoms with Crippen molar-refractivity contribution in [2.75, 3.05) is 5.32 Å². The van der Waals surface area contributed by atoms with E-state index in [1.54, 1.807) is 24.4 Å². The van der Waals surface area contributed by atoms with Gasteiger partial charge in [0.25, 0.3) is 5.91 Å². The van der Waals surface area contributed by atoms with Gasteiger partial charge in [0.1, 0.15) is 0 Å². The second-order valence-corrected chi connectivity index (χ2v) is 7.83. The first-order chi connectivity index (χ1) is 14.5. The summed E-state index contributed by atoms with van der Waals surface area (Å²) >= 11 is 6.19. The van der Waals surface area contributed by atoms with Crippen molar-refractivity contribution in [2.45, 2.75) is 38.6 Å². The molecule has 1 heterocycles. The van der Waals surface area contributed by atoms with Crippen LogP contribution >= 0.6 is 11.6 Å². The highest BCUT2D eigenvalue weighted by Gasteiger charge is 2.24. The molecule has 4 rings (SSSR count). The van der Waals surface area contributed by atoms with Crippen LogP contribution in [0.15, 0.2) is 53.1 Å². The number of anilines is 1. The van der Waals surface area contributed by atoms with E-state index in [4.69, 9.17) is 16.0 Å². The molecule has 3 aromatic rings. The molecule has 30 heavy (non-hydrogen) atoms. The largest absolute Gasteiger partial charge is 0.441 e. The lowest BCUT2D eigenvalue weighted by atomic mass is 10.1. The van der Waals surface area contributed by atoms with Crippen molar-refractivity contribution in [3.05, 3.63) is 70.7 Å². The highest BCUT2D eigenvalue weighted by atomic mass is 35.5. The topological polar surface area (TPSA) is 84.2 Å². The Hall–Kier alpha value is -3.12. The fraction of sp³-hybridized carbons (Fsp3) is 0.261.